The highest BCUT2D eigenvalue weighted by molar-refractivity contribution is 7.85. The molecule has 5 nitrogen and oxygen atoms in total. The zero-order chi connectivity index (χ0) is 14.8. The molecule has 7 heteroatoms. The summed E-state index contributed by atoms with van der Waals surface area (Å²) in [6.45, 7) is 0. The highest BCUT2D eigenvalue weighted by Crippen LogP contribution is 2.25. The number of anilines is 1. The summed E-state index contributed by atoms with van der Waals surface area (Å²) in [4.78, 5) is 11.6. The van der Waals surface area contributed by atoms with Crippen molar-refractivity contribution in [2.45, 2.75) is 4.90 Å². The van der Waals surface area contributed by atoms with Crippen molar-refractivity contribution >= 4 is 33.3 Å². The number of amides is 1. The van der Waals surface area contributed by atoms with Gasteiger partial charge in [-0.2, -0.15) is 8.42 Å². The summed E-state index contributed by atoms with van der Waals surface area (Å²) in [5.74, 6) is -0.431. The highest BCUT2D eigenvalue weighted by atomic mass is 35.5. The third kappa shape index (κ3) is 3.36. The van der Waals surface area contributed by atoms with Crippen molar-refractivity contribution in [1.82, 2.24) is 0 Å². The Morgan fingerprint density at radius 2 is 1.75 bits per heavy atom. The minimum Gasteiger partial charge on any atom is -0.321 e. The van der Waals surface area contributed by atoms with Gasteiger partial charge in [0.2, 0.25) is 0 Å². The van der Waals surface area contributed by atoms with Gasteiger partial charge < -0.3 is 5.32 Å². The Labute approximate surface area is 120 Å². The molecule has 104 valence electrons. The fourth-order valence-corrected chi connectivity index (χ4v) is 2.22. The molecule has 20 heavy (non-hydrogen) atoms. The number of halogens is 1. The van der Waals surface area contributed by atoms with Crippen LogP contribution in [0.2, 0.25) is 5.02 Å². The third-order valence-corrected chi connectivity index (χ3v) is 3.70. The van der Waals surface area contributed by atoms with Crippen LogP contribution in [0.15, 0.2) is 53.4 Å². The lowest BCUT2D eigenvalue weighted by atomic mass is 10.2. The normalized spacial score (nSPS) is 11.1. The van der Waals surface area contributed by atoms with Crippen molar-refractivity contribution in [2.24, 2.45) is 0 Å². The van der Waals surface area contributed by atoms with Gasteiger partial charge in [-0.1, -0.05) is 29.8 Å². The molecule has 2 N–H and O–H groups in total. The Kier molecular flexibility index (Phi) is 4.08. The average Bonchev–Trinajstić information content (AvgIpc) is 2.41. The minimum absolute atomic E-state index is 0.107. The van der Waals surface area contributed by atoms with Crippen LogP contribution in [0.3, 0.4) is 0 Å². The molecule has 0 bridgehead atoms. The monoisotopic (exact) mass is 311 g/mol. The van der Waals surface area contributed by atoms with Crippen molar-refractivity contribution in [3.63, 3.8) is 0 Å². The smallest absolute Gasteiger partial charge is 0.294 e. The van der Waals surface area contributed by atoms with Crippen molar-refractivity contribution in [1.29, 1.82) is 0 Å². The molecule has 0 saturated heterocycles. The van der Waals surface area contributed by atoms with E-state index in [1.165, 1.54) is 6.07 Å². The average molecular weight is 312 g/mol. The topological polar surface area (TPSA) is 83.5 Å². The van der Waals surface area contributed by atoms with E-state index in [2.05, 4.69) is 5.32 Å². The van der Waals surface area contributed by atoms with Crippen LogP contribution in [-0.4, -0.2) is 18.9 Å². The largest absolute Gasteiger partial charge is 0.321 e. The molecule has 0 aliphatic rings. The molecule has 0 aromatic heterocycles. The Morgan fingerprint density at radius 1 is 1.10 bits per heavy atom. The molecule has 2 aromatic carbocycles. The molecule has 0 aliphatic heterocycles. The van der Waals surface area contributed by atoms with Gasteiger partial charge in [0, 0.05) is 5.56 Å². The predicted octanol–water partition coefficient (Wildman–Crippen LogP) is 2.84. The Hall–Kier alpha value is -1.89. The summed E-state index contributed by atoms with van der Waals surface area (Å²) >= 11 is 5.89. The van der Waals surface area contributed by atoms with Crippen molar-refractivity contribution in [2.75, 3.05) is 5.32 Å². The van der Waals surface area contributed by atoms with Gasteiger partial charge >= 0.3 is 0 Å². The summed E-state index contributed by atoms with van der Waals surface area (Å²) in [5.41, 5.74) is 0.511. The first-order valence-electron chi connectivity index (χ1n) is 5.51. The summed E-state index contributed by atoms with van der Waals surface area (Å²) in [6, 6.07) is 11.9. The van der Waals surface area contributed by atoms with E-state index in [9.17, 15) is 13.2 Å². The molecule has 0 atom stereocenters. The third-order valence-electron chi connectivity index (χ3n) is 2.52. The SMILES string of the molecule is O=C(Nc1cc(S(=O)(=O)O)ccc1Cl)c1ccccc1. The molecule has 2 aromatic rings. The van der Waals surface area contributed by atoms with E-state index in [1.807, 2.05) is 0 Å². The fraction of sp³-hybridized carbons (Fsp3) is 0. The van der Waals surface area contributed by atoms with Gasteiger partial charge in [-0.05, 0) is 30.3 Å². The summed E-state index contributed by atoms with van der Waals surface area (Å²) in [5, 5.41) is 2.66. The number of carbonyl (C=O) groups is 1. The minimum atomic E-state index is -4.35. The summed E-state index contributed by atoms with van der Waals surface area (Å²) in [7, 11) is -4.35. The van der Waals surface area contributed by atoms with Crippen molar-refractivity contribution in [3.8, 4) is 0 Å². The predicted molar refractivity (Wildman–Crippen MR) is 75.7 cm³/mol. The molecule has 0 aliphatic carbocycles. The first-order chi connectivity index (χ1) is 9.38. The van der Waals surface area contributed by atoms with Crippen LogP contribution in [0.4, 0.5) is 5.69 Å². The highest BCUT2D eigenvalue weighted by Gasteiger charge is 2.14. The number of rotatable bonds is 3. The standard InChI is InChI=1S/C13H10ClNO4S/c14-11-7-6-10(20(17,18)19)8-12(11)15-13(16)9-4-2-1-3-5-9/h1-8H,(H,15,16)(H,17,18,19). The van der Waals surface area contributed by atoms with Gasteiger partial charge in [0.1, 0.15) is 0 Å². The van der Waals surface area contributed by atoms with Crippen LogP contribution in [0, 0.1) is 0 Å². The second kappa shape index (κ2) is 5.62. The number of hydrogen-bond acceptors (Lipinski definition) is 3. The molecule has 2 rings (SSSR count). The second-order valence-corrected chi connectivity index (χ2v) is 5.77. The Morgan fingerprint density at radius 3 is 2.35 bits per heavy atom. The van der Waals surface area contributed by atoms with Gasteiger partial charge in [0.25, 0.3) is 16.0 Å². The fourth-order valence-electron chi connectivity index (χ4n) is 1.54. The lowest BCUT2D eigenvalue weighted by molar-refractivity contribution is 0.102. The Balaban J connectivity index is 2.32. The van der Waals surface area contributed by atoms with Gasteiger partial charge in [0.05, 0.1) is 15.6 Å². The van der Waals surface area contributed by atoms with Crippen LogP contribution < -0.4 is 5.32 Å². The molecule has 0 unspecified atom stereocenters. The van der Waals surface area contributed by atoms with E-state index in [1.54, 1.807) is 30.3 Å². The van der Waals surface area contributed by atoms with E-state index in [0.29, 0.717) is 5.56 Å². The van der Waals surface area contributed by atoms with Gasteiger partial charge in [-0.15, -0.1) is 0 Å². The van der Waals surface area contributed by atoms with Gasteiger partial charge in [-0.25, -0.2) is 0 Å². The summed E-state index contributed by atoms with van der Waals surface area (Å²) < 4.78 is 31.1. The van der Waals surface area contributed by atoms with Gasteiger partial charge in [-0.3, -0.25) is 9.35 Å². The van der Waals surface area contributed by atoms with Crippen LogP contribution in [-0.2, 0) is 10.1 Å². The first kappa shape index (κ1) is 14.5. The van der Waals surface area contributed by atoms with Crippen LogP contribution >= 0.6 is 11.6 Å². The quantitative estimate of drug-likeness (QED) is 0.854. The molecule has 0 radical (unpaired) electrons. The van der Waals surface area contributed by atoms with Crippen molar-refractivity contribution < 1.29 is 17.8 Å². The zero-order valence-corrected chi connectivity index (χ0v) is 11.6. The molecule has 0 fully saturated rings. The van der Waals surface area contributed by atoms with Crippen LogP contribution in [0.5, 0.6) is 0 Å². The first-order valence-corrected chi connectivity index (χ1v) is 7.33. The summed E-state index contributed by atoms with van der Waals surface area (Å²) in [6.07, 6.45) is 0. The number of benzene rings is 2. The lowest BCUT2D eigenvalue weighted by Crippen LogP contribution is -2.12. The molecule has 0 spiro atoms. The maximum Gasteiger partial charge on any atom is 0.294 e. The number of hydrogen-bond donors (Lipinski definition) is 2. The molecular formula is C13H10ClNO4S. The lowest BCUT2D eigenvalue weighted by Gasteiger charge is -2.08. The van der Waals surface area contributed by atoms with E-state index in [0.717, 1.165) is 12.1 Å². The Bertz CT molecular complexity index is 744. The number of nitrogens with one attached hydrogen (secondary N) is 1. The molecule has 1 amide bonds. The second-order valence-electron chi connectivity index (χ2n) is 3.94. The van der Waals surface area contributed by atoms with E-state index >= 15 is 0 Å². The van der Waals surface area contributed by atoms with Crippen molar-refractivity contribution in [3.05, 3.63) is 59.1 Å². The molecule has 0 saturated carbocycles. The maximum atomic E-state index is 11.9. The van der Waals surface area contributed by atoms with E-state index in [-0.39, 0.29) is 15.6 Å². The van der Waals surface area contributed by atoms with E-state index < -0.39 is 16.0 Å². The van der Waals surface area contributed by atoms with Gasteiger partial charge in [0.15, 0.2) is 0 Å². The van der Waals surface area contributed by atoms with Crippen LogP contribution in [0.1, 0.15) is 10.4 Å². The molecular weight excluding hydrogens is 302 g/mol. The maximum absolute atomic E-state index is 11.9. The zero-order valence-electron chi connectivity index (χ0n) is 10.1. The van der Waals surface area contributed by atoms with E-state index in [4.69, 9.17) is 16.2 Å². The molecule has 0 heterocycles. The van der Waals surface area contributed by atoms with Crippen LogP contribution in [0.25, 0.3) is 0 Å². The number of carbonyl (C=O) groups excluding carboxylic acids is 1.